The summed E-state index contributed by atoms with van der Waals surface area (Å²) >= 11 is 0. The van der Waals surface area contributed by atoms with Crippen LogP contribution in [0.4, 0.5) is 0 Å². The highest BCUT2D eigenvalue weighted by Crippen LogP contribution is 2.26. The van der Waals surface area contributed by atoms with Crippen LogP contribution >= 0.6 is 0 Å². The molecule has 0 bridgehead atoms. The van der Waals surface area contributed by atoms with Gasteiger partial charge >= 0.3 is 0 Å². The fraction of sp³-hybridized carbons (Fsp3) is 0.600. The first-order valence-corrected chi connectivity index (χ1v) is 6.34. The van der Waals surface area contributed by atoms with Crippen molar-refractivity contribution < 1.29 is 0 Å². The van der Waals surface area contributed by atoms with Crippen LogP contribution in [-0.2, 0) is 5.41 Å². The Bertz CT molecular complexity index is 292. The normalized spacial score (nSPS) is 15.1. The topological polar surface area (TPSA) is 12.0 Å². The molecule has 0 aliphatic heterocycles. The maximum atomic E-state index is 3.57. The Morgan fingerprint density at radius 3 is 2.31 bits per heavy atom. The molecule has 1 heteroatoms. The Labute approximate surface area is 100 Å². The highest BCUT2D eigenvalue weighted by Gasteiger charge is 2.23. The molecule has 1 N–H and O–H groups in total. The third-order valence-corrected chi connectivity index (χ3v) is 3.32. The first-order valence-electron chi connectivity index (χ1n) is 6.34. The van der Waals surface area contributed by atoms with Gasteiger partial charge in [0.05, 0.1) is 0 Å². The Morgan fingerprint density at radius 1 is 1.19 bits per heavy atom. The number of hydrogen-bond donors (Lipinski definition) is 1. The molecule has 0 aliphatic carbocycles. The monoisotopic (exact) mass is 219 g/mol. The van der Waals surface area contributed by atoms with E-state index in [-0.39, 0.29) is 5.41 Å². The number of nitrogens with one attached hydrogen (secondary N) is 1. The fourth-order valence-corrected chi connectivity index (χ4v) is 1.91. The quantitative estimate of drug-likeness (QED) is 0.771. The van der Waals surface area contributed by atoms with Crippen LogP contribution < -0.4 is 5.32 Å². The molecule has 0 aliphatic rings. The van der Waals surface area contributed by atoms with Crippen LogP contribution in [0.25, 0.3) is 0 Å². The largest absolute Gasteiger partial charge is 0.316 e. The Balaban J connectivity index is 2.63. The summed E-state index contributed by atoms with van der Waals surface area (Å²) in [5.41, 5.74) is 1.70. The van der Waals surface area contributed by atoms with Crippen LogP contribution in [0.3, 0.4) is 0 Å². The van der Waals surface area contributed by atoms with E-state index >= 15 is 0 Å². The predicted molar refractivity (Wildman–Crippen MR) is 71.8 cm³/mol. The van der Waals surface area contributed by atoms with Gasteiger partial charge in [-0.2, -0.15) is 0 Å². The van der Waals surface area contributed by atoms with Crippen molar-refractivity contribution in [2.24, 2.45) is 5.92 Å². The van der Waals surface area contributed by atoms with Crippen molar-refractivity contribution in [3.05, 3.63) is 35.9 Å². The molecule has 1 rings (SSSR count). The average Bonchev–Trinajstić information content (AvgIpc) is 2.29. The molecule has 1 aromatic carbocycles. The van der Waals surface area contributed by atoms with Crippen LogP contribution in [0.5, 0.6) is 0 Å². The van der Waals surface area contributed by atoms with Gasteiger partial charge in [0.1, 0.15) is 0 Å². The van der Waals surface area contributed by atoms with Gasteiger partial charge < -0.3 is 5.32 Å². The van der Waals surface area contributed by atoms with Crippen molar-refractivity contribution in [3.63, 3.8) is 0 Å². The van der Waals surface area contributed by atoms with E-state index in [1.165, 1.54) is 12.0 Å². The van der Waals surface area contributed by atoms with Gasteiger partial charge in [-0.25, -0.2) is 0 Å². The Morgan fingerprint density at radius 2 is 1.81 bits per heavy atom. The summed E-state index contributed by atoms with van der Waals surface area (Å²) in [4.78, 5) is 0. The van der Waals surface area contributed by atoms with E-state index in [4.69, 9.17) is 0 Å². The molecular formula is C15H25N. The minimum Gasteiger partial charge on any atom is -0.316 e. The molecule has 0 amide bonds. The van der Waals surface area contributed by atoms with Gasteiger partial charge in [-0.15, -0.1) is 0 Å². The molecule has 0 radical (unpaired) electrons. The van der Waals surface area contributed by atoms with E-state index < -0.39 is 0 Å². The number of hydrogen-bond acceptors (Lipinski definition) is 1. The van der Waals surface area contributed by atoms with Crippen LogP contribution in [0.1, 0.15) is 39.7 Å². The van der Waals surface area contributed by atoms with Crippen molar-refractivity contribution in [3.8, 4) is 0 Å². The van der Waals surface area contributed by atoms with Gasteiger partial charge in [-0.3, -0.25) is 0 Å². The molecule has 0 spiro atoms. The molecule has 90 valence electrons. The fourth-order valence-electron chi connectivity index (χ4n) is 1.91. The third-order valence-electron chi connectivity index (χ3n) is 3.32. The van der Waals surface area contributed by atoms with Gasteiger partial charge in [0.15, 0.2) is 0 Å². The van der Waals surface area contributed by atoms with Crippen LogP contribution in [0.15, 0.2) is 30.3 Å². The van der Waals surface area contributed by atoms with Gasteiger partial charge in [0, 0.05) is 12.0 Å². The predicted octanol–water partition coefficient (Wildman–Crippen LogP) is 3.60. The summed E-state index contributed by atoms with van der Waals surface area (Å²) in [5.74, 6) is 0.719. The zero-order valence-electron chi connectivity index (χ0n) is 11.1. The standard InChI is InChI=1S/C15H25N/c1-5-15(4,12-16-11-13(2)3)14-9-7-6-8-10-14/h6-10,13,16H,5,11-12H2,1-4H3. The van der Waals surface area contributed by atoms with Crippen molar-refractivity contribution in [2.75, 3.05) is 13.1 Å². The molecule has 16 heavy (non-hydrogen) atoms. The average molecular weight is 219 g/mol. The zero-order valence-corrected chi connectivity index (χ0v) is 11.1. The van der Waals surface area contributed by atoms with E-state index in [1.807, 2.05) is 0 Å². The highest BCUT2D eigenvalue weighted by atomic mass is 14.9. The summed E-state index contributed by atoms with van der Waals surface area (Å²) in [6.07, 6.45) is 1.17. The molecule has 0 saturated heterocycles. The lowest BCUT2D eigenvalue weighted by atomic mass is 9.80. The van der Waals surface area contributed by atoms with Crippen LogP contribution in [0, 0.1) is 5.92 Å². The maximum absolute atomic E-state index is 3.57. The first-order chi connectivity index (χ1) is 7.58. The summed E-state index contributed by atoms with van der Waals surface area (Å²) < 4.78 is 0. The van der Waals surface area contributed by atoms with Gasteiger partial charge in [-0.05, 0) is 24.4 Å². The summed E-state index contributed by atoms with van der Waals surface area (Å²) in [7, 11) is 0. The number of rotatable bonds is 6. The maximum Gasteiger partial charge on any atom is 0.00469 e. The van der Waals surface area contributed by atoms with Crippen LogP contribution in [-0.4, -0.2) is 13.1 Å². The second kappa shape index (κ2) is 6.05. The molecule has 1 nitrogen and oxygen atoms in total. The van der Waals surface area contributed by atoms with Gasteiger partial charge in [-0.1, -0.05) is 58.0 Å². The number of benzene rings is 1. The minimum absolute atomic E-state index is 0.260. The van der Waals surface area contributed by atoms with E-state index in [0.29, 0.717) is 0 Å². The van der Waals surface area contributed by atoms with Crippen molar-refractivity contribution in [2.45, 2.75) is 39.5 Å². The van der Waals surface area contributed by atoms with Crippen molar-refractivity contribution in [1.29, 1.82) is 0 Å². The first kappa shape index (κ1) is 13.2. The van der Waals surface area contributed by atoms with E-state index in [0.717, 1.165) is 19.0 Å². The lowest BCUT2D eigenvalue weighted by Crippen LogP contribution is -2.36. The van der Waals surface area contributed by atoms with Gasteiger partial charge in [0.25, 0.3) is 0 Å². The van der Waals surface area contributed by atoms with Crippen molar-refractivity contribution in [1.82, 2.24) is 5.32 Å². The molecule has 1 atom stereocenters. The molecule has 0 heterocycles. The van der Waals surface area contributed by atoms with E-state index in [9.17, 15) is 0 Å². The molecule has 0 saturated carbocycles. The molecule has 1 unspecified atom stereocenters. The SMILES string of the molecule is CCC(C)(CNCC(C)C)c1ccccc1. The highest BCUT2D eigenvalue weighted by molar-refractivity contribution is 5.24. The summed E-state index contributed by atoms with van der Waals surface area (Å²) in [5, 5.41) is 3.57. The van der Waals surface area contributed by atoms with E-state index in [1.54, 1.807) is 0 Å². The Hall–Kier alpha value is -0.820. The van der Waals surface area contributed by atoms with E-state index in [2.05, 4.69) is 63.3 Å². The molecule has 1 aromatic rings. The minimum atomic E-state index is 0.260. The van der Waals surface area contributed by atoms with Crippen LogP contribution in [0.2, 0.25) is 0 Å². The van der Waals surface area contributed by atoms with Crippen molar-refractivity contribution >= 4 is 0 Å². The lowest BCUT2D eigenvalue weighted by molar-refractivity contribution is 0.401. The Kier molecular flexibility index (Phi) is 5.01. The zero-order chi connectivity index (χ0) is 12.0. The molecular weight excluding hydrogens is 194 g/mol. The summed E-state index contributed by atoms with van der Waals surface area (Å²) in [6.45, 7) is 11.3. The second-order valence-corrected chi connectivity index (χ2v) is 5.30. The molecule has 0 aromatic heterocycles. The smallest absolute Gasteiger partial charge is 0.00469 e. The van der Waals surface area contributed by atoms with Gasteiger partial charge in [0.2, 0.25) is 0 Å². The second-order valence-electron chi connectivity index (χ2n) is 5.30. The lowest BCUT2D eigenvalue weighted by Gasteiger charge is -2.29. The summed E-state index contributed by atoms with van der Waals surface area (Å²) in [6, 6.07) is 10.8. The molecule has 0 fully saturated rings. The third kappa shape index (κ3) is 3.64.